The average Bonchev–Trinajstić information content (AvgIpc) is 2.18. The van der Waals surface area contributed by atoms with Crippen LogP contribution in [0.2, 0.25) is 0 Å². The first-order valence-corrected chi connectivity index (χ1v) is 4.34. The number of carbonyl (C=O) groups is 1. The molecule has 1 heterocycles. The van der Waals surface area contributed by atoms with E-state index < -0.39 is 43.3 Å². The minimum Gasteiger partial charge on any atom is -0.394 e. The highest BCUT2D eigenvalue weighted by Crippen LogP contribution is 2.19. The lowest BCUT2D eigenvalue weighted by Gasteiger charge is -2.39. The van der Waals surface area contributed by atoms with Gasteiger partial charge in [0.2, 0.25) is 0 Å². The van der Waals surface area contributed by atoms with E-state index in [1.807, 2.05) is 5.32 Å². The molecule has 15 heavy (non-hydrogen) atoms. The van der Waals surface area contributed by atoms with Gasteiger partial charge in [0.05, 0.1) is 6.61 Å². The Labute approximate surface area is 85.3 Å². The highest BCUT2D eigenvalue weighted by atomic mass is 16.6. The van der Waals surface area contributed by atoms with Crippen LogP contribution in [0.3, 0.4) is 0 Å². The number of ether oxygens (including phenoxy) is 1. The Morgan fingerprint density at radius 2 is 1.87 bits per heavy atom. The van der Waals surface area contributed by atoms with Gasteiger partial charge in [-0.15, -0.1) is 0 Å². The third-order valence-corrected chi connectivity index (χ3v) is 2.18. The van der Waals surface area contributed by atoms with Gasteiger partial charge in [0.1, 0.15) is 24.4 Å². The molecule has 0 unspecified atom stereocenters. The van der Waals surface area contributed by atoms with Gasteiger partial charge in [-0.05, 0) is 0 Å². The van der Waals surface area contributed by atoms with Crippen LogP contribution < -0.4 is 11.1 Å². The van der Waals surface area contributed by atoms with Gasteiger partial charge in [-0.3, -0.25) is 0 Å². The van der Waals surface area contributed by atoms with Crippen molar-refractivity contribution in [3.05, 3.63) is 0 Å². The number of primary amides is 1. The Hall–Kier alpha value is -0.930. The van der Waals surface area contributed by atoms with Crippen molar-refractivity contribution in [1.82, 2.24) is 5.32 Å². The van der Waals surface area contributed by atoms with Gasteiger partial charge in [-0.2, -0.15) is 0 Å². The summed E-state index contributed by atoms with van der Waals surface area (Å²) in [6, 6.07) is -0.945. The van der Waals surface area contributed by atoms with Crippen LogP contribution in [0, 0.1) is 0 Å². The number of aliphatic hydroxyl groups excluding tert-OH is 4. The molecule has 0 saturated carbocycles. The first-order valence-electron chi connectivity index (χ1n) is 4.34. The van der Waals surface area contributed by atoms with Crippen molar-refractivity contribution < 1.29 is 30.0 Å². The van der Waals surface area contributed by atoms with Gasteiger partial charge in [0, 0.05) is 0 Å². The molecule has 1 saturated heterocycles. The molecular weight excluding hydrogens is 208 g/mol. The minimum absolute atomic E-state index is 0.554. The quantitative estimate of drug-likeness (QED) is 0.285. The van der Waals surface area contributed by atoms with Crippen LogP contribution in [0.25, 0.3) is 0 Å². The predicted octanol–water partition coefficient (Wildman–Crippen LogP) is -3.55. The summed E-state index contributed by atoms with van der Waals surface area (Å²) in [6.45, 7) is -0.554. The summed E-state index contributed by atoms with van der Waals surface area (Å²) in [5.41, 5.74) is 4.80. The van der Waals surface area contributed by atoms with E-state index >= 15 is 0 Å². The van der Waals surface area contributed by atoms with E-state index in [0.29, 0.717) is 0 Å². The molecule has 1 aliphatic rings. The summed E-state index contributed by atoms with van der Waals surface area (Å²) < 4.78 is 4.92. The van der Waals surface area contributed by atoms with Crippen molar-refractivity contribution in [2.24, 2.45) is 5.73 Å². The molecule has 7 N–H and O–H groups in total. The summed E-state index contributed by atoms with van der Waals surface area (Å²) in [5.74, 6) is 0. The van der Waals surface area contributed by atoms with Crippen LogP contribution >= 0.6 is 0 Å². The van der Waals surface area contributed by atoms with E-state index in [-0.39, 0.29) is 0 Å². The van der Waals surface area contributed by atoms with Gasteiger partial charge >= 0.3 is 6.03 Å². The normalized spacial score (nSPS) is 41.2. The van der Waals surface area contributed by atoms with Crippen LogP contribution in [-0.2, 0) is 4.74 Å². The molecule has 5 atom stereocenters. The molecule has 2 amide bonds. The van der Waals surface area contributed by atoms with Crippen molar-refractivity contribution in [1.29, 1.82) is 0 Å². The van der Waals surface area contributed by atoms with Crippen molar-refractivity contribution in [3.8, 4) is 0 Å². The fourth-order valence-electron chi connectivity index (χ4n) is 1.36. The predicted molar refractivity (Wildman–Crippen MR) is 46.5 cm³/mol. The molecule has 8 nitrogen and oxygen atoms in total. The maximum atomic E-state index is 10.5. The first kappa shape index (κ1) is 12.1. The van der Waals surface area contributed by atoms with Crippen LogP contribution in [0.5, 0.6) is 0 Å². The number of urea groups is 1. The molecule has 8 heteroatoms. The third kappa shape index (κ3) is 2.55. The number of hydrogen-bond acceptors (Lipinski definition) is 6. The molecule has 0 aliphatic carbocycles. The van der Waals surface area contributed by atoms with E-state index in [1.54, 1.807) is 0 Å². The maximum Gasteiger partial charge on any atom is 0.314 e. The number of aliphatic hydroxyl groups is 4. The summed E-state index contributed by atoms with van der Waals surface area (Å²) in [6.07, 6.45) is -6.78. The first-order chi connectivity index (χ1) is 6.97. The zero-order chi connectivity index (χ0) is 11.6. The lowest BCUT2D eigenvalue weighted by Crippen LogP contribution is -2.63. The van der Waals surface area contributed by atoms with Crippen molar-refractivity contribution in [2.75, 3.05) is 6.61 Å². The third-order valence-electron chi connectivity index (χ3n) is 2.18. The zero-order valence-electron chi connectivity index (χ0n) is 7.78. The number of nitrogens with two attached hydrogens (primary N) is 1. The van der Waals surface area contributed by atoms with Crippen molar-refractivity contribution >= 4 is 6.03 Å². The van der Waals surface area contributed by atoms with Gasteiger partial charge in [0.25, 0.3) is 0 Å². The highest BCUT2D eigenvalue weighted by Gasteiger charge is 2.43. The second-order valence-electron chi connectivity index (χ2n) is 3.26. The zero-order valence-corrected chi connectivity index (χ0v) is 7.78. The molecule has 1 aliphatic heterocycles. The van der Waals surface area contributed by atoms with Crippen LogP contribution in [0.15, 0.2) is 0 Å². The summed E-state index contributed by atoms with van der Waals surface area (Å²) in [7, 11) is 0. The second-order valence-corrected chi connectivity index (χ2v) is 3.26. The summed E-state index contributed by atoms with van der Waals surface area (Å²) in [5, 5.41) is 38.9. The second kappa shape index (κ2) is 4.73. The van der Waals surface area contributed by atoms with E-state index in [9.17, 15) is 20.1 Å². The van der Waals surface area contributed by atoms with E-state index in [2.05, 4.69) is 0 Å². The lowest BCUT2D eigenvalue weighted by molar-refractivity contribution is -0.233. The minimum atomic E-state index is -1.52. The van der Waals surface area contributed by atoms with Gasteiger partial charge < -0.3 is 36.2 Å². The molecule has 0 radical (unpaired) electrons. The molecule has 0 spiro atoms. The monoisotopic (exact) mass is 222 g/mol. The summed E-state index contributed by atoms with van der Waals surface area (Å²) >= 11 is 0. The largest absolute Gasteiger partial charge is 0.394 e. The van der Waals surface area contributed by atoms with E-state index in [0.717, 1.165) is 0 Å². The van der Waals surface area contributed by atoms with Crippen LogP contribution in [0.4, 0.5) is 4.79 Å². The Bertz CT molecular complexity index is 236. The van der Waals surface area contributed by atoms with Crippen LogP contribution in [0.1, 0.15) is 0 Å². The molecule has 1 rings (SSSR count). The molecule has 1 fully saturated rings. The molecule has 0 aromatic carbocycles. The number of carbonyl (C=O) groups excluding carboxylic acids is 1. The topological polar surface area (TPSA) is 145 Å². The van der Waals surface area contributed by atoms with E-state index in [4.69, 9.17) is 15.6 Å². The fraction of sp³-hybridized carbons (Fsp3) is 0.857. The Morgan fingerprint density at radius 1 is 1.27 bits per heavy atom. The molecule has 0 aromatic rings. The lowest BCUT2D eigenvalue weighted by atomic mass is 9.98. The fourth-order valence-corrected chi connectivity index (χ4v) is 1.36. The molecule has 0 aromatic heterocycles. The van der Waals surface area contributed by atoms with Crippen molar-refractivity contribution in [2.45, 2.75) is 30.6 Å². The van der Waals surface area contributed by atoms with Crippen LogP contribution in [-0.4, -0.2) is 63.7 Å². The molecular formula is C7H14N2O6. The Balaban J connectivity index is 2.69. The number of nitrogens with one attached hydrogen (secondary N) is 1. The number of rotatable bonds is 2. The average molecular weight is 222 g/mol. The standard InChI is InChI=1S/C7H14N2O6/c8-7(14)9-6-5(13)4(12)3(11)2(1-10)15-6/h2-6,10-13H,1H2,(H3,8,9,14)/t2-,3+,4-,5-,6+/m0/s1. The smallest absolute Gasteiger partial charge is 0.314 e. The maximum absolute atomic E-state index is 10.5. The van der Waals surface area contributed by atoms with Gasteiger partial charge in [-0.25, -0.2) is 4.79 Å². The van der Waals surface area contributed by atoms with Gasteiger partial charge in [-0.1, -0.05) is 0 Å². The molecule has 0 bridgehead atoms. The van der Waals surface area contributed by atoms with Crippen molar-refractivity contribution in [3.63, 3.8) is 0 Å². The number of hydrogen-bond donors (Lipinski definition) is 6. The number of amides is 2. The summed E-state index contributed by atoms with van der Waals surface area (Å²) in [4.78, 5) is 10.5. The van der Waals surface area contributed by atoms with E-state index in [1.165, 1.54) is 0 Å². The highest BCUT2D eigenvalue weighted by molar-refractivity contribution is 5.71. The Kier molecular flexibility index (Phi) is 3.83. The Morgan fingerprint density at radius 3 is 2.33 bits per heavy atom. The van der Waals surface area contributed by atoms with Gasteiger partial charge in [0.15, 0.2) is 6.23 Å². The SMILES string of the molecule is NC(=O)N[C@@H]1O[C@@H](CO)[C@@H](O)[C@H](O)[C@@H]1O. The molecule has 88 valence electrons.